The van der Waals surface area contributed by atoms with Crippen molar-refractivity contribution < 1.29 is 4.79 Å². The lowest BCUT2D eigenvalue weighted by atomic mass is 9.78. The third kappa shape index (κ3) is 3.34. The molecule has 3 heteroatoms. The Morgan fingerprint density at radius 3 is 2.89 bits per heavy atom. The van der Waals surface area contributed by atoms with Gasteiger partial charge in [0.25, 0.3) is 0 Å². The topological polar surface area (TPSA) is 23.6 Å². The van der Waals surface area contributed by atoms with Gasteiger partial charge in [0.15, 0.2) is 0 Å². The minimum Gasteiger partial charge on any atom is -0.309 e. The molecular formula is C25H32N2O. The third-order valence-corrected chi connectivity index (χ3v) is 7.26. The molecule has 0 radical (unpaired) electrons. The zero-order chi connectivity index (χ0) is 19.1. The highest BCUT2D eigenvalue weighted by molar-refractivity contribution is 5.80. The van der Waals surface area contributed by atoms with Crippen molar-refractivity contribution in [2.45, 2.75) is 51.5 Å². The first kappa shape index (κ1) is 18.2. The summed E-state index contributed by atoms with van der Waals surface area (Å²) in [5.41, 5.74) is 4.32. The van der Waals surface area contributed by atoms with E-state index in [-0.39, 0.29) is 0 Å². The summed E-state index contributed by atoms with van der Waals surface area (Å²) in [5.74, 6) is 2.46. The monoisotopic (exact) mass is 376 g/mol. The molecule has 4 atom stereocenters. The van der Waals surface area contributed by atoms with Gasteiger partial charge in [-0.15, -0.1) is 0 Å². The average molecular weight is 377 g/mol. The second kappa shape index (κ2) is 7.51. The van der Waals surface area contributed by atoms with Gasteiger partial charge in [-0.2, -0.15) is 0 Å². The molecule has 1 saturated heterocycles. The van der Waals surface area contributed by atoms with Gasteiger partial charge in [0.2, 0.25) is 5.91 Å². The van der Waals surface area contributed by atoms with Crippen LogP contribution in [0.25, 0.3) is 0 Å². The SMILES string of the molecule is CCCC(=O)N1C2=C(CC3CN(CCc4ccccc4)CCC31)C1CC1C=C2. The number of carbonyl (C=O) groups excluding carboxylic acids is 1. The Kier molecular flexibility index (Phi) is 4.88. The fraction of sp³-hybridized carbons (Fsp3) is 0.560. The Morgan fingerprint density at radius 2 is 2.07 bits per heavy atom. The van der Waals surface area contributed by atoms with Crippen molar-refractivity contribution in [3.63, 3.8) is 0 Å². The molecule has 0 N–H and O–H groups in total. The van der Waals surface area contributed by atoms with Gasteiger partial charge in [0.05, 0.1) is 0 Å². The van der Waals surface area contributed by atoms with Crippen LogP contribution in [0, 0.1) is 17.8 Å². The molecule has 2 aliphatic carbocycles. The van der Waals surface area contributed by atoms with Crippen molar-refractivity contribution in [3.05, 3.63) is 59.3 Å². The summed E-state index contributed by atoms with van der Waals surface area (Å²) in [5, 5.41) is 0. The Morgan fingerprint density at radius 1 is 1.21 bits per heavy atom. The zero-order valence-electron chi connectivity index (χ0n) is 17.0. The van der Waals surface area contributed by atoms with Gasteiger partial charge in [-0.3, -0.25) is 4.79 Å². The summed E-state index contributed by atoms with van der Waals surface area (Å²) in [6.07, 6.45) is 11.0. The zero-order valence-corrected chi connectivity index (χ0v) is 17.0. The molecule has 4 unspecified atom stereocenters. The lowest BCUT2D eigenvalue weighted by Crippen LogP contribution is -2.55. The second-order valence-corrected chi connectivity index (χ2v) is 9.15. The summed E-state index contributed by atoms with van der Waals surface area (Å²) < 4.78 is 0. The van der Waals surface area contributed by atoms with Gasteiger partial charge in [0.1, 0.15) is 0 Å². The number of piperidine rings is 1. The second-order valence-electron chi connectivity index (χ2n) is 9.15. The Balaban J connectivity index is 1.32. The Hall–Kier alpha value is -1.87. The van der Waals surface area contributed by atoms with E-state index < -0.39 is 0 Å². The lowest BCUT2D eigenvalue weighted by molar-refractivity contribution is -0.134. The summed E-state index contributed by atoms with van der Waals surface area (Å²) >= 11 is 0. The summed E-state index contributed by atoms with van der Waals surface area (Å²) in [6, 6.07) is 11.2. The number of nitrogens with zero attached hydrogens (tertiary/aromatic N) is 2. The van der Waals surface area contributed by atoms with Crippen LogP contribution < -0.4 is 0 Å². The van der Waals surface area contributed by atoms with Crippen LogP contribution in [0.4, 0.5) is 0 Å². The fourth-order valence-electron chi connectivity index (χ4n) is 5.72. The average Bonchev–Trinajstić information content (AvgIpc) is 3.51. The van der Waals surface area contributed by atoms with Gasteiger partial charge >= 0.3 is 0 Å². The number of likely N-dealkylation sites (tertiary alicyclic amines) is 1. The van der Waals surface area contributed by atoms with Crippen LogP contribution in [0.5, 0.6) is 0 Å². The molecule has 1 aromatic rings. The number of carbonyl (C=O) groups is 1. The van der Waals surface area contributed by atoms with Crippen molar-refractivity contribution in [1.29, 1.82) is 0 Å². The molecule has 148 valence electrons. The van der Waals surface area contributed by atoms with Gasteiger partial charge in [0, 0.05) is 37.8 Å². The number of fused-ring (bicyclic) bond motifs is 3. The molecule has 1 amide bonds. The number of amides is 1. The van der Waals surface area contributed by atoms with E-state index in [1.165, 1.54) is 24.1 Å². The van der Waals surface area contributed by atoms with Gasteiger partial charge in [-0.05, 0) is 67.1 Å². The quantitative estimate of drug-likeness (QED) is 0.760. The minimum atomic E-state index is 0.353. The normalized spacial score (nSPS) is 31.2. The highest BCUT2D eigenvalue weighted by atomic mass is 16.2. The molecule has 4 aliphatic rings. The molecule has 0 spiro atoms. The van der Waals surface area contributed by atoms with E-state index in [0.717, 1.165) is 50.7 Å². The van der Waals surface area contributed by atoms with Crippen molar-refractivity contribution in [1.82, 2.24) is 9.80 Å². The number of benzene rings is 1. The van der Waals surface area contributed by atoms with E-state index in [1.807, 2.05) is 0 Å². The number of hydrogen-bond donors (Lipinski definition) is 0. The minimum absolute atomic E-state index is 0.353. The third-order valence-electron chi connectivity index (χ3n) is 7.26. The van der Waals surface area contributed by atoms with Crippen molar-refractivity contribution in [3.8, 4) is 0 Å². The maximum Gasteiger partial charge on any atom is 0.227 e. The van der Waals surface area contributed by atoms with Gasteiger partial charge in [-0.1, -0.05) is 43.3 Å². The molecule has 3 nitrogen and oxygen atoms in total. The van der Waals surface area contributed by atoms with Crippen molar-refractivity contribution in [2.75, 3.05) is 19.6 Å². The maximum absolute atomic E-state index is 13.1. The van der Waals surface area contributed by atoms with E-state index in [9.17, 15) is 4.79 Å². The number of rotatable bonds is 5. The van der Waals surface area contributed by atoms with E-state index in [2.05, 4.69) is 59.2 Å². The molecule has 0 bridgehead atoms. The van der Waals surface area contributed by atoms with Crippen LogP contribution in [0.2, 0.25) is 0 Å². The maximum atomic E-state index is 13.1. The van der Waals surface area contributed by atoms with Gasteiger partial charge < -0.3 is 9.80 Å². The van der Waals surface area contributed by atoms with E-state index in [0.29, 0.717) is 24.3 Å². The molecule has 2 aliphatic heterocycles. The largest absolute Gasteiger partial charge is 0.309 e. The van der Waals surface area contributed by atoms with Crippen LogP contribution in [0.1, 0.15) is 44.6 Å². The predicted octanol–water partition coefficient (Wildman–Crippen LogP) is 4.41. The molecule has 1 aromatic carbocycles. The van der Waals surface area contributed by atoms with Crippen LogP contribution in [0.3, 0.4) is 0 Å². The summed E-state index contributed by atoms with van der Waals surface area (Å²) in [7, 11) is 0. The van der Waals surface area contributed by atoms with Gasteiger partial charge in [-0.25, -0.2) is 0 Å². The predicted molar refractivity (Wildman–Crippen MR) is 113 cm³/mol. The molecule has 0 aromatic heterocycles. The van der Waals surface area contributed by atoms with Crippen LogP contribution in [0.15, 0.2) is 53.8 Å². The van der Waals surface area contributed by atoms with Crippen LogP contribution in [-0.4, -0.2) is 41.4 Å². The van der Waals surface area contributed by atoms with E-state index in [1.54, 1.807) is 5.57 Å². The molecule has 5 rings (SSSR count). The number of allylic oxidation sites excluding steroid dienone is 3. The summed E-state index contributed by atoms with van der Waals surface area (Å²) in [6.45, 7) is 5.51. The highest BCUT2D eigenvalue weighted by Crippen LogP contribution is 2.54. The first-order valence-electron chi connectivity index (χ1n) is 11.2. The first-order chi connectivity index (χ1) is 13.7. The van der Waals surface area contributed by atoms with Crippen LogP contribution >= 0.6 is 0 Å². The van der Waals surface area contributed by atoms with Crippen molar-refractivity contribution >= 4 is 5.91 Å². The van der Waals surface area contributed by atoms with Crippen LogP contribution in [-0.2, 0) is 11.2 Å². The molecule has 1 saturated carbocycles. The highest BCUT2D eigenvalue weighted by Gasteiger charge is 2.49. The number of hydrogen-bond acceptors (Lipinski definition) is 2. The van der Waals surface area contributed by atoms with Crippen molar-refractivity contribution in [2.24, 2.45) is 17.8 Å². The standard InChI is InChI=1S/C25H32N2O/c1-2-6-25(28)27-23-12-14-26(13-11-18-7-4-3-5-8-18)17-20(23)16-22-21-15-19(21)9-10-24(22)27/h3-5,7-10,19-21,23H,2,6,11-17H2,1H3. The first-order valence-corrected chi connectivity index (χ1v) is 11.2. The Labute approximate surface area is 169 Å². The molecular weight excluding hydrogens is 344 g/mol. The van der Waals surface area contributed by atoms with E-state index >= 15 is 0 Å². The smallest absolute Gasteiger partial charge is 0.227 e. The molecule has 2 heterocycles. The fourth-order valence-corrected chi connectivity index (χ4v) is 5.72. The van der Waals surface area contributed by atoms with E-state index in [4.69, 9.17) is 0 Å². The lowest BCUT2D eigenvalue weighted by Gasteiger charge is -2.49. The molecule has 2 fully saturated rings. The molecule has 28 heavy (non-hydrogen) atoms. The summed E-state index contributed by atoms with van der Waals surface area (Å²) in [4.78, 5) is 18.0. The Bertz CT molecular complexity index is 796.